The molecular weight excluding hydrogens is 250 g/mol. The van der Waals surface area contributed by atoms with E-state index in [1.807, 2.05) is 38.1 Å². The van der Waals surface area contributed by atoms with Gasteiger partial charge in [0.2, 0.25) is 0 Å². The maximum atomic E-state index is 11.8. The van der Waals surface area contributed by atoms with E-state index in [1.54, 1.807) is 24.3 Å². The van der Waals surface area contributed by atoms with Crippen LogP contribution in [0.1, 0.15) is 29.3 Å². The third-order valence-electron chi connectivity index (χ3n) is 2.91. The lowest BCUT2D eigenvalue weighted by Crippen LogP contribution is -2.23. The summed E-state index contributed by atoms with van der Waals surface area (Å²) in [5.41, 5.74) is 1.84. The highest BCUT2D eigenvalue weighted by Gasteiger charge is 2.04. The quantitative estimate of drug-likeness (QED) is 0.893. The van der Waals surface area contributed by atoms with Crippen LogP contribution < -0.4 is 10.1 Å². The molecule has 0 aromatic heterocycles. The summed E-state index contributed by atoms with van der Waals surface area (Å²) in [5, 5.41) is 2.84. The third kappa shape index (κ3) is 3.85. The summed E-state index contributed by atoms with van der Waals surface area (Å²) in [5.74, 6) is 1.47. The first kappa shape index (κ1) is 14.1. The average molecular weight is 269 g/mol. The molecule has 2 aromatic rings. The number of hydrogen-bond donors (Lipinski definition) is 1. The zero-order valence-electron chi connectivity index (χ0n) is 11.8. The summed E-state index contributed by atoms with van der Waals surface area (Å²) in [7, 11) is 0. The van der Waals surface area contributed by atoms with Gasteiger partial charge >= 0.3 is 0 Å². The van der Waals surface area contributed by atoms with Gasteiger partial charge in [0.15, 0.2) is 0 Å². The van der Waals surface area contributed by atoms with Crippen LogP contribution in [0.3, 0.4) is 0 Å². The Kier molecular flexibility index (Phi) is 4.77. The third-order valence-corrected chi connectivity index (χ3v) is 2.91. The van der Waals surface area contributed by atoms with Crippen LogP contribution in [0.4, 0.5) is 0 Å². The lowest BCUT2D eigenvalue weighted by molar-refractivity contribution is 0.0953. The largest absolute Gasteiger partial charge is 0.457 e. The Hall–Kier alpha value is -2.29. The van der Waals surface area contributed by atoms with Gasteiger partial charge in [0, 0.05) is 12.1 Å². The van der Waals surface area contributed by atoms with E-state index < -0.39 is 0 Å². The van der Waals surface area contributed by atoms with E-state index >= 15 is 0 Å². The molecule has 3 nitrogen and oxygen atoms in total. The van der Waals surface area contributed by atoms with Gasteiger partial charge in [-0.1, -0.05) is 24.6 Å². The molecule has 0 aliphatic heterocycles. The maximum Gasteiger partial charge on any atom is 0.251 e. The van der Waals surface area contributed by atoms with Crippen molar-refractivity contribution in [2.45, 2.75) is 20.3 Å². The van der Waals surface area contributed by atoms with Crippen molar-refractivity contribution in [3.63, 3.8) is 0 Å². The van der Waals surface area contributed by atoms with Gasteiger partial charge in [-0.3, -0.25) is 4.79 Å². The minimum absolute atomic E-state index is 0.0475. The van der Waals surface area contributed by atoms with Crippen LogP contribution in [-0.4, -0.2) is 12.5 Å². The highest BCUT2D eigenvalue weighted by atomic mass is 16.5. The van der Waals surface area contributed by atoms with Crippen molar-refractivity contribution < 1.29 is 9.53 Å². The first-order valence-corrected chi connectivity index (χ1v) is 6.82. The predicted molar refractivity (Wildman–Crippen MR) is 80.3 cm³/mol. The van der Waals surface area contributed by atoms with Crippen LogP contribution in [0.25, 0.3) is 0 Å². The van der Waals surface area contributed by atoms with Crippen molar-refractivity contribution in [3.05, 3.63) is 59.7 Å². The fourth-order valence-corrected chi connectivity index (χ4v) is 1.76. The number of carbonyl (C=O) groups excluding carboxylic acids is 1. The van der Waals surface area contributed by atoms with E-state index in [9.17, 15) is 4.79 Å². The monoisotopic (exact) mass is 269 g/mol. The van der Waals surface area contributed by atoms with Gasteiger partial charge in [0.25, 0.3) is 5.91 Å². The first-order chi connectivity index (χ1) is 9.69. The number of nitrogens with one attached hydrogen (secondary N) is 1. The Balaban J connectivity index is 2.01. The molecule has 0 aliphatic carbocycles. The Labute approximate surface area is 119 Å². The van der Waals surface area contributed by atoms with Crippen molar-refractivity contribution in [1.82, 2.24) is 5.32 Å². The van der Waals surface area contributed by atoms with Gasteiger partial charge in [-0.25, -0.2) is 0 Å². The maximum absolute atomic E-state index is 11.8. The van der Waals surface area contributed by atoms with Gasteiger partial charge in [-0.05, 0) is 49.7 Å². The predicted octanol–water partition coefficient (Wildman–Crippen LogP) is 3.93. The molecule has 3 heteroatoms. The second-order valence-electron chi connectivity index (χ2n) is 4.70. The fourth-order valence-electron chi connectivity index (χ4n) is 1.76. The summed E-state index contributed by atoms with van der Waals surface area (Å²) in [6.45, 7) is 4.76. The van der Waals surface area contributed by atoms with Crippen molar-refractivity contribution >= 4 is 5.91 Å². The Morgan fingerprint density at radius 3 is 2.10 bits per heavy atom. The van der Waals surface area contributed by atoms with Crippen LogP contribution >= 0.6 is 0 Å². The van der Waals surface area contributed by atoms with Crippen LogP contribution in [0.2, 0.25) is 0 Å². The molecule has 1 N–H and O–H groups in total. The number of hydrogen-bond acceptors (Lipinski definition) is 2. The highest BCUT2D eigenvalue weighted by Crippen LogP contribution is 2.21. The molecular formula is C17H19NO2. The van der Waals surface area contributed by atoms with Crippen LogP contribution in [0, 0.1) is 6.92 Å². The molecule has 0 saturated heterocycles. The molecule has 0 bridgehead atoms. The smallest absolute Gasteiger partial charge is 0.251 e. The standard InChI is InChI=1S/C17H19NO2/c1-3-12-18-17(19)14-6-10-16(11-7-14)20-15-8-4-13(2)5-9-15/h4-11H,3,12H2,1-2H3,(H,18,19). The Morgan fingerprint density at radius 1 is 1.00 bits per heavy atom. The summed E-state index contributed by atoms with van der Waals surface area (Å²) < 4.78 is 5.72. The van der Waals surface area contributed by atoms with Crippen molar-refractivity contribution in [1.29, 1.82) is 0 Å². The number of ether oxygens (including phenoxy) is 1. The molecule has 0 radical (unpaired) electrons. The van der Waals surface area contributed by atoms with E-state index in [1.165, 1.54) is 5.56 Å². The van der Waals surface area contributed by atoms with E-state index in [2.05, 4.69) is 5.32 Å². The van der Waals surface area contributed by atoms with E-state index in [-0.39, 0.29) is 5.91 Å². The molecule has 0 fully saturated rings. The van der Waals surface area contributed by atoms with Crippen molar-refractivity contribution in [2.75, 3.05) is 6.54 Å². The SMILES string of the molecule is CCCNC(=O)c1ccc(Oc2ccc(C)cc2)cc1. The molecule has 0 aliphatic rings. The summed E-state index contributed by atoms with van der Waals surface area (Å²) in [6, 6.07) is 15.0. The van der Waals surface area contributed by atoms with Gasteiger partial charge in [-0.2, -0.15) is 0 Å². The molecule has 2 aromatic carbocycles. The fraction of sp³-hybridized carbons (Fsp3) is 0.235. The summed E-state index contributed by atoms with van der Waals surface area (Å²) >= 11 is 0. The lowest BCUT2D eigenvalue weighted by Gasteiger charge is -2.07. The number of amides is 1. The molecule has 104 valence electrons. The number of aryl methyl sites for hydroxylation is 1. The van der Waals surface area contributed by atoms with Gasteiger partial charge in [-0.15, -0.1) is 0 Å². The molecule has 0 spiro atoms. The van der Waals surface area contributed by atoms with Gasteiger partial charge in [0.05, 0.1) is 0 Å². The second kappa shape index (κ2) is 6.75. The zero-order valence-corrected chi connectivity index (χ0v) is 11.8. The van der Waals surface area contributed by atoms with E-state index in [0.717, 1.165) is 17.9 Å². The number of rotatable bonds is 5. The molecule has 0 unspecified atom stereocenters. The van der Waals surface area contributed by atoms with Crippen molar-refractivity contribution in [2.24, 2.45) is 0 Å². The lowest BCUT2D eigenvalue weighted by atomic mass is 10.2. The number of benzene rings is 2. The Morgan fingerprint density at radius 2 is 1.55 bits per heavy atom. The molecule has 20 heavy (non-hydrogen) atoms. The minimum Gasteiger partial charge on any atom is -0.457 e. The summed E-state index contributed by atoms with van der Waals surface area (Å²) in [4.78, 5) is 11.8. The average Bonchev–Trinajstić information content (AvgIpc) is 2.48. The van der Waals surface area contributed by atoms with E-state index in [4.69, 9.17) is 4.74 Å². The minimum atomic E-state index is -0.0475. The van der Waals surface area contributed by atoms with Crippen LogP contribution in [0.5, 0.6) is 11.5 Å². The van der Waals surface area contributed by atoms with Gasteiger partial charge in [0.1, 0.15) is 11.5 Å². The van der Waals surface area contributed by atoms with Crippen LogP contribution in [0.15, 0.2) is 48.5 Å². The topological polar surface area (TPSA) is 38.3 Å². The van der Waals surface area contributed by atoms with E-state index in [0.29, 0.717) is 12.1 Å². The molecule has 2 rings (SSSR count). The molecule has 1 amide bonds. The molecule has 0 saturated carbocycles. The van der Waals surface area contributed by atoms with Crippen molar-refractivity contribution in [3.8, 4) is 11.5 Å². The Bertz CT molecular complexity index is 559. The molecule has 0 atom stereocenters. The van der Waals surface area contributed by atoms with Crippen LogP contribution in [-0.2, 0) is 0 Å². The normalized spacial score (nSPS) is 10.1. The zero-order chi connectivity index (χ0) is 14.4. The first-order valence-electron chi connectivity index (χ1n) is 6.82. The van der Waals surface area contributed by atoms with Gasteiger partial charge < -0.3 is 10.1 Å². The molecule has 0 heterocycles. The number of carbonyl (C=O) groups is 1. The summed E-state index contributed by atoms with van der Waals surface area (Å²) in [6.07, 6.45) is 0.931. The second-order valence-corrected chi connectivity index (χ2v) is 4.70. The highest BCUT2D eigenvalue weighted by molar-refractivity contribution is 5.94.